The lowest BCUT2D eigenvalue weighted by Gasteiger charge is -2.17. The molecule has 2 N–H and O–H groups in total. The van der Waals surface area contributed by atoms with E-state index in [9.17, 15) is 0 Å². The Morgan fingerprint density at radius 1 is 0.963 bits per heavy atom. The number of aromatic nitrogens is 2. The van der Waals surface area contributed by atoms with Gasteiger partial charge in [-0.2, -0.15) is 0 Å². The molecule has 0 saturated carbocycles. The van der Waals surface area contributed by atoms with E-state index in [1.165, 1.54) is 21.2 Å². The first-order valence-electron chi connectivity index (χ1n) is 9.22. The summed E-state index contributed by atoms with van der Waals surface area (Å²) in [6.45, 7) is 0.947. The minimum atomic E-state index is 0.467. The zero-order valence-electron chi connectivity index (χ0n) is 15.2. The number of imidazole rings is 1. The highest BCUT2D eigenvalue weighted by molar-refractivity contribution is 8.00. The maximum absolute atomic E-state index is 5.83. The Morgan fingerprint density at radius 3 is 2.56 bits per heavy atom. The lowest BCUT2D eigenvalue weighted by atomic mass is 10.0. The number of nitrogens with zero attached hydrogens (tertiary/aromatic N) is 2. The summed E-state index contributed by atoms with van der Waals surface area (Å²) in [6.07, 6.45) is 7.94. The summed E-state index contributed by atoms with van der Waals surface area (Å²) in [4.78, 5) is 5.44. The number of thioether (sulfide) groups is 1. The van der Waals surface area contributed by atoms with Crippen LogP contribution >= 0.6 is 11.8 Å². The maximum atomic E-state index is 5.83. The molecule has 0 bridgehead atoms. The zero-order chi connectivity index (χ0) is 18.5. The number of nitrogen functional groups attached to an aromatic ring is 1. The molecule has 3 nitrogen and oxygen atoms in total. The molecule has 0 amide bonds. The Labute approximate surface area is 164 Å². The fraction of sp³-hybridized carbons (Fsp3) is 0.174. The molecule has 0 aliphatic heterocycles. The second-order valence-electron chi connectivity index (χ2n) is 6.79. The number of rotatable bonds is 7. The van der Waals surface area contributed by atoms with Gasteiger partial charge < -0.3 is 10.3 Å². The standard InChI is InChI=1S/C23H23N3S/c24-21-8-11-22(12-9-21)27-23(16-26-14-13-25-17-26)10-6-18-5-7-19-3-1-2-4-20(19)15-18/h1-5,7-9,11-15,17,23H,6,10,16,24H2. The van der Waals surface area contributed by atoms with Gasteiger partial charge in [-0.1, -0.05) is 42.5 Å². The second kappa shape index (κ2) is 8.31. The zero-order valence-corrected chi connectivity index (χ0v) is 16.0. The average molecular weight is 374 g/mol. The van der Waals surface area contributed by atoms with Crippen molar-refractivity contribution in [1.29, 1.82) is 0 Å². The highest BCUT2D eigenvalue weighted by atomic mass is 32.2. The number of benzene rings is 3. The first kappa shape index (κ1) is 17.7. The number of hydrogen-bond acceptors (Lipinski definition) is 3. The summed E-state index contributed by atoms with van der Waals surface area (Å²) in [6, 6.07) is 23.5. The smallest absolute Gasteiger partial charge is 0.0946 e. The van der Waals surface area contributed by atoms with Crippen LogP contribution in [-0.2, 0) is 13.0 Å². The molecule has 4 aromatic rings. The van der Waals surface area contributed by atoms with E-state index in [1.54, 1.807) is 0 Å². The summed E-state index contributed by atoms with van der Waals surface area (Å²) in [5.41, 5.74) is 8.02. The van der Waals surface area contributed by atoms with Gasteiger partial charge in [0.25, 0.3) is 0 Å². The highest BCUT2D eigenvalue weighted by Crippen LogP contribution is 2.29. The summed E-state index contributed by atoms with van der Waals surface area (Å²) < 4.78 is 2.16. The van der Waals surface area contributed by atoms with Gasteiger partial charge in [0, 0.05) is 34.8 Å². The molecule has 27 heavy (non-hydrogen) atoms. The van der Waals surface area contributed by atoms with E-state index in [-0.39, 0.29) is 0 Å². The molecule has 0 spiro atoms. The van der Waals surface area contributed by atoms with Crippen LogP contribution in [0.4, 0.5) is 5.69 Å². The predicted molar refractivity (Wildman–Crippen MR) is 115 cm³/mol. The van der Waals surface area contributed by atoms with Crippen molar-refractivity contribution >= 4 is 28.2 Å². The van der Waals surface area contributed by atoms with E-state index in [1.807, 2.05) is 42.6 Å². The average Bonchev–Trinajstić information content (AvgIpc) is 3.21. The fourth-order valence-electron chi connectivity index (χ4n) is 3.28. The summed E-state index contributed by atoms with van der Waals surface area (Å²) in [5, 5.41) is 3.08. The van der Waals surface area contributed by atoms with E-state index in [0.717, 1.165) is 25.1 Å². The van der Waals surface area contributed by atoms with Gasteiger partial charge in [-0.25, -0.2) is 4.98 Å². The van der Waals surface area contributed by atoms with Crippen LogP contribution in [0.5, 0.6) is 0 Å². The van der Waals surface area contributed by atoms with Crippen molar-refractivity contribution in [1.82, 2.24) is 9.55 Å². The molecule has 0 fully saturated rings. The predicted octanol–water partition coefficient (Wildman–Crippen LogP) is 5.41. The number of fused-ring (bicyclic) bond motifs is 1. The quantitative estimate of drug-likeness (QED) is 0.348. The van der Waals surface area contributed by atoms with Crippen molar-refractivity contribution in [2.75, 3.05) is 5.73 Å². The third-order valence-electron chi connectivity index (χ3n) is 4.73. The van der Waals surface area contributed by atoms with Crippen LogP contribution in [0.2, 0.25) is 0 Å². The van der Waals surface area contributed by atoms with Crippen LogP contribution in [0, 0.1) is 0 Å². The van der Waals surface area contributed by atoms with Gasteiger partial charge in [-0.15, -0.1) is 11.8 Å². The van der Waals surface area contributed by atoms with E-state index in [4.69, 9.17) is 5.73 Å². The Morgan fingerprint density at radius 2 is 1.78 bits per heavy atom. The Kier molecular flexibility index (Phi) is 5.45. The molecule has 1 unspecified atom stereocenters. The van der Waals surface area contributed by atoms with E-state index in [0.29, 0.717) is 5.25 Å². The molecule has 0 aliphatic carbocycles. The van der Waals surface area contributed by atoms with E-state index in [2.05, 4.69) is 64.1 Å². The van der Waals surface area contributed by atoms with Gasteiger partial charge in [0.2, 0.25) is 0 Å². The number of nitrogens with two attached hydrogens (primary N) is 1. The van der Waals surface area contributed by atoms with Crippen LogP contribution < -0.4 is 5.73 Å². The van der Waals surface area contributed by atoms with Gasteiger partial charge >= 0.3 is 0 Å². The fourth-order valence-corrected chi connectivity index (χ4v) is 4.44. The molecule has 0 saturated heterocycles. The van der Waals surface area contributed by atoms with Crippen LogP contribution in [0.3, 0.4) is 0 Å². The van der Waals surface area contributed by atoms with Crippen molar-refractivity contribution in [3.63, 3.8) is 0 Å². The lowest BCUT2D eigenvalue weighted by molar-refractivity contribution is 0.624. The molecule has 0 radical (unpaired) electrons. The first-order chi connectivity index (χ1) is 13.3. The highest BCUT2D eigenvalue weighted by Gasteiger charge is 2.12. The number of anilines is 1. The largest absolute Gasteiger partial charge is 0.399 e. The number of aryl methyl sites for hydroxylation is 1. The van der Waals surface area contributed by atoms with Crippen molar-refractivity contribution in [3.8, 4) is 0 Å². The van der Waals surface area contributed by atoms with Crippen molar-refractivity contribution in [2.45, 2.75) is 29.5 Å². The Balaban J connectivity index is 1.47. The van der Waals surface area contributed by atoms with E-state index < -0.39 is 0 Å². The minimum absolute atomic E-state index is 0.467. The SMILES string of the molecule is Nc1ccc(SC(CCc2ccc3ccccc3c2)Cn2ccnc2)cc1. The summed E-state index contributed by atoms with van der Waals surface area (Å²) in [7, 11) is 0. The molecule has 3 aromatic carbocycles. The van der Waals surface area contributed by atoms with Crippen LogP contribution in [0.15, 0.2) is 90.3 Å². The lowest BCUT2D eigenvalue weighted by Crippen LogP contribution is -2.13. The van der Waals surface area contributed by atoms with Gasteiger partial charge in [0.05, 0.1) is 6.33 Å². The maximum Gasteiger partial charge on any atom is 0.0946 e. The Hall–Kier alpha value is -2.72. The molecule has 136 valence electrons. The first-order valence-corrected chi connectivity index (χ1v) is 10.1. The molecular weight excluding hydrogens is 350 g/mol. The van der Waals surface area contributed by atoms with Crippen LogP contribution in [0.1, 0.15) is 12.0 Å². The van der Waals surface area contributed by atoms with Gasteiger partial charge in [0.1, 0.15) is 0 Å². The van der Waals surface area contributed by atoms with Crippen molar-refractivity contribution in [2.24, 2.45) is 0 Å². The summed E-state index contributed by atoms with van der Waals surface area (Å²) >= 11 is 1.91. The van der Waals surface area contributed by atoms with Gasteiger partial charge in [-0.3, -0.25) is 0 Å². The van der Waals surface area contributed by atoms with Crippen molar-refractivity contribution in [3.05, 3.63) is 91.0 Å². The normalized spacial score (nSPS) is 12.3. The Bertz CT molecular complexity index is 994. The van der Waals surface area contributed by atoms with E-state index >= 15 is 0 Å². The monoisotopic (exact) mass is 373 g/mol. The minimum Gasteiger partial charge on any atom is -0.399 e. The van der Waals surface area contributed by atoms with Crippen LogP contribution in [0.25, 0.3) is 10.8 Å². The molecule has 1 atom stereocenters. The number of hydrogen-bond donors (Lipinski definition) is 1. The third-order valence-corrected chi connectivity index (χ3v) is 5.99. The third kappa shape index (κ3) is 4.72. The second-order valence-corrected chi connectivity index (χ2v) is 8.16. The van der Waals surface area contributed by atoms with Gasteiger partial charge in [0.15, 0.2) is 0 Å². The molecule has 0 aliphatic rings. The topological polar surface area (TPSA) is 43.8 Å². The van der Waals surface area contributed by atoms with Crippen LogP contribution in [-0.4, -0.2) is 14.8 Å². The van der Waals surface area contributed by atoms with Crippen molar-refractivity contribution < 1.29 is 0 Å². The molecule has 1 aromatic heterocycles. The molecule has 4 rings (SSSR count). The molecule has 1 heterocycles. The molecular formula is C23H23N3S. The summed E-state index contributed by atoms with van der Waals surface area (Å²) in [5.74, 6) is 0. The molecule has 4 heteroatoms. The van der Waals surface area contributed by atoms with Gasteiger partial charge in [-0.05, 0) is 53.4 Å².